The Balaban J connectivity index is 1.57. The summed E-state index contributed by atoms with van der Waals surface area (Å²) in [6, 6.07) is 0. The minimum Gasteiger partial charge on any atom is -0.381 e. The van der Waals surface area contributed by atoms with Crippen LogP contribution in [0.25, 0.3) is 0 Å². The molecule has 0 saturated carbocycles. The molecule has 2 fully saturated rings. The van der Waals surface area contributed by atoms with E-state index >= 15 is 0 Å². The van der Waals surface area contributed by atoms with E-state index in [9.17, 15) is 13.2 Å². The molecule has 0 amide bonds. The first-order chi connectivity index (χ1) is 9.03. The van der Waals surface area contributed by atoms with Crippen LogP contribution < -0.4 is 5.32 Å². The summed E-state index contributed by atoms with van der Waals surface area (Å²) >= 11 is 0. The van der Waals surface area contributed by atoms with Crippen LogP contribution in [0.3, 0.4) is 0 Å². The lowest BCUT2D eigenvalue weighted by Gasteiger charge is -2.23. The summed E-state index contributed by atoms with van der Waals surface area (Å²) in [6.07, 6.45) is -0.890. The van der Waals surface area contributed by atoms with E-state index in [0.29, 0.717) is 24.9 Å². The van der Waals surface area contributed by atoms with E-state index in [-0.39, 0.29) is 0 Å². The van der Waals surface area contributed by atoms with Gasteiger partial charge in [0, 0.05) is 19.7 Å². The smallest absolute Gasteiger partial charge is 0.381 e. The lowest BCUT2D eigenvalue weighted by Crippen LogP contribution is -2.35. The Morgan fingerprint density at radius 1 is 1.16 bits per heavy atom. The molecule has 2 aliphatic rings. The number of ether oxygens (including phenoxy) is 1. The van der Waals surface area contributed by atoms with E-state index in [4.69, 9.17) is 4.74 Å². The van der Waals surface area contributed by atoms with E-state index in [1.165, 1.54) is 11.3 Å². The first kappa shape index (κ1) is 15.1. The van der Waals surface area contributed by atoms with Gasteiger partial charge in [0.1, 0.15) is 0 Å². The molecule has 2 rings (SSSR count). The van der Waals surface area contributed by atoms with Crippen LogP contribution in [-0.2, 0) is 4.74 Å². The fourth-order valence-electron chi connectivity index (χ4n) is 2.94. The number of nitrogens with one attached hydrogen (secondary N) is 1. The van der Waals surface area contributed by atoms with Crippen molar-refractivity contribution in [1.82, 2.24) is 10.2 Å². The van der Waals surface area contributed by atoms with Crippen LogP contribution in [0.5, 0.6) is 0 Å². The van der Waals surface area contributed by atoms with Crippen LogP contribution in [-0.4, -0.2) is 57.0 Å². The molecule has 0 bridgehead atoms. The maximum Gasteiger partial charge on any atom is 0.401 e. The maximum atomic E-state index is 12.3. The standard InChI is InChI=1S/C13H23F3N2O/c14-13(15,16)10-18-4-3-11(8-18)6-17-7-12-2-1-5-19-9-12/h11-12,17H,1-10H2. The highest BCUT2D eigenvalue weighted by molar-refractivity contribution is 4.79. The first-order valence-corrected chi connectivity index (χ1v) is 7.10. The third kappa shape index (κ3) is 5.67. The lowest BCUT2D eigenvalue weighted by atomic mass is 10.0. The number of rotatable bonds is 5. The van der Waals surface area contributed by atoms with Gasteiger partial charge in [-0.15, -0.1) is 0 Å². The Morgan fingerprint density at radius 3 is 2.63 bits per heavy atom. The highest BCUT2D eigenvalue weighted by atomic mass is 19.4. The number of hydrogen-bond donors (Lipinski definition) is 1. The lowest BCUT2D eigenvalue weighted by molar-refractivity contribution is -0.143. The Morgan fingerprint density at radius 2 is 1.95 bits per heavy atom. The molecule has 0 aromatic rings. The second kappa shape index (κ2) is 6.90. The van der Waals surface area contributed by atoms with E-state index in [2.05, 4.69) is 5.32 Å². The predicted octanol–water partition coefficient (Wildman–Crippen LogP) is 1.89. The van der Waals surface area contributed by atoms with Crippen molar-refractivity contribution < 1.29 is 17.9 Å². The summed E-state index contributed by atoms with van der Waals surface area (Å²) < 4.78 is 42.2. The van der Waals surface area contributed by atoms with Crippen LogP contribution in [0, 0.1) is 11.8 Å². The van der Waals surface area contributed by atoms with Crippen molar-refractivity contribution in [1.29, 1.82) is 0 Å². The normalized spacial score (nSPS) is 29.8. The molecule has 2 heterocycles. The van der Waals surface area contributed by atoms with Gasteiger partial charge in [0.25, 0.3) is 0 Å². The number of likely N-dealkylation sites (tertiary alicyclic amines) is 1. The average molecular weight is 280 g/mol. The molecule has 112 valence electrons. The van der Waals surface area contributed by atoms with Crippen LogP contribution >= 0.6 is 0 Å². The second-order valence-corrected chi connectivity index (χ2v) is 5.75. The van der Waals surface area contributed by atoms with Gasteiger partial charge in [0.05, 0.1) is 13.2 Å². The van der Waals surface area contributed by atoms with Crippen LogP contribution in [0.4, 0.5) is 13.2 Å². The highest BCUT2D eigenvalue weighted by Gasteiger charge is 2.34. The van der Waals surface area contributed by atoms with Crippen LogP contribution in [0.2, 0.25) is 0 Å². The average Bonchev–Trinajstić information content (AvgIpc) is 2.76. The molecular weight excluding hydrogens is 257 g/mol. The van der Waals surface area contributed by atoms with Crippen LogP contribution in [0.15, 0.2) is 0 Å². The second-order valence-electron chi connectivity index (χ2n) is 5.75. The van der Waals surface area contributed by atoms with Gasteiger partial charge in [0.2, 0.25) is 0 Å². The molecular formula is C13H23F3N2O. The van der Waals surface area contributed by atoms with Crippen molar-refractivity contribution in [3.05, 3.63) is 0 Å². The Hall–Kier alpha value is -0.330. The van der Waals surface area contributed by atoms with Crippen molar-refractivity contribution in [2.75, 3.05) is 45.9 Å². The van der Waals surface area contributed by atoms with E-state index in [1.54, 1.807) is 0 Å². The predicted molar refractivity (Wildman–Crippen MR) is 67.0 cm³/mol. The van der Waals surface area contributed by atoms with Gasteiger partial charge >= 0.3 is 6.18 Å². The number of hydrogen-bond acceptors (Lipinski definition) is 3. The minimum atomic E-state index is -4.07. The monoisotopic (exact) mass is 280 g/mol. The molecule has 19 heavy (non-hydrogen) atoms. The van der Waals surface area contributed by atoms with Gasteiger partial charge in [-0.3, -0.25) is 4.90 Å². The molecule has 3 nitrogen and oxygen atoms in total. The largest absolute Gasteiger partial charge is 0.401 e. The molecule has 0 aliphatic carbocycles. The summed E-state index contributed by atoms with van der Waals surface area (Å²) in [6.45, 7) is 3.80. The first-order valence-electron chi connectivity index (χ1n) is 7.10. The number of halogens is 3. The van der Waals surface area contributed by atoms with E-state index in [0.717, 1.165) is 39.1 Å². The summed E-state index contributed by atoms with van der Waals surface area (Å²) in [7, 11) is 0. The zero-order valence-corrected chi connectivity index (χ0v) is 11.2. The summed E-state index contributed by atoms with van der Waals surface area (Å²) in [5.74, 6) is 0.924. The highest BCUT2D eigenvalue weighted by Crippen LogP contribution is 2.22. The molecule has 0 aromatic carbocycles. The zero-order chi connectivity index (χ0) is 13.7. The Kier molecular flexibility index (Phi) is 5.47. The topological polar surface area (TPSA) is 24.5 Å². The Bertz CT molecular complexity index is 267. The van der Waals surface area contributed by atoms with Crippen LogP contribution in [0.1, 0.15) is 19.3 Å². The summed E-state index contributed by atoms with van der Waals surface area (Å²) in [4.78, 5) is 1.51. The number of nitrogens with zero attached hydrogens (tertiary/aromatic N) is 1. The van der Waals surface area contributed by atoms with Gasteiger partial charge in [-0.1, -0.05) is 0 Å². The molecule has 2 saturated heterocycles. The quantitative estimate of drug-likeness (QED) is 0.832. The van der Waals surface area contributed by atoms with E-state index < -0.39 is 12.7 Å². The van der Waals surface area contributed by atoms with Crippen molar-refractivity contribution >= 4 is 0 Å². The fourth-order valence-corrected chi connectivity index (χ4v) is 2.94. The molecule has 0 spiro atoms. The van der Waals surface area contributed by atoms with Gasteiger partial charge in [-0.2, -0.15) is 13.2 Å². The van der Waals surface area contributed by atoms with E-state index in [1.807, 2.05) is 0 Å². The Labute approximate surface area is 112 Å². The van der Waals surface area contributed by atoms with Crippen molar-refractivity contribution in [2.45, 2.75) is 25.4 Å². The van der Waals surface area contributed by atoms with Crippen molar-refractivity contribution in [3.63, 3.8) is 0 Å². The maximum absolute atomic E-state index is 12.3. The SMILES string of the molecule is FC(F)(F)CN1CCC(CNCC2CCCOC2)C1. The molecule has 0 aromatic heterocycles. The molecule has 2 unspecified atom stereocenters. The van der Waals surface area contributed by atoms with Gasteiger partial charge < -0.3 is 10.1 Å². The molecule has 1 N–H and O–H groups in total. The minimum absolute atomic E-state index is 0.354. The molecule has 2 aliphatic heterocycles. The third-order valence-electron chi connectivity index (χ3n) is 3.89. The van der Waals surface area contributed by atoms with Gasteiger partial charge in [-0.05, 0) is 44.2 Å². The molecule has 0 radical (unpaired) electrons. The molecule has 2 atom stereocenters. The van der Waals surface area contributed by atoms with Crippen molar-refractivity contribution in [2.24, 2.45) is 11.8 Å². The molecule has 6 heteroatoms. The van der Waals surface area contributed by atoms with Gasteiger partial charge in [0.15, 0.2) is 0 Å². The zero-order valence-electron chi connectivity index (χ0n) is 11.2. The van der Waals surface area contributed by atoms with Gasteiger partial charge in [-0.25, -0.2) is 0 Å². The fraction of sp³-hybridized carbons (Fsp3) is 1.00. The van der Waals surface area contributed by atoms with Crippen molar-refractivity contribution in [3.8, 4) is 0 Å². The summed E-state index contributed by atoms with van der Waals surface area (Å²) in [5.41, 5.74) is 0. The third-order valence-corrected chi connectivity index (χ3v) is 3.89. The summed E-state index contributed by atoms with van der Waals surface area (Å²) in [5, 5.41) is 3.39. The number of alkyl halides is 3.